The van der Waals surface area contributed by atoms with Crippen LogP contribution in [0, 0.1) is 12.7 Å². The summed E-state index contributed by atoms with van der Waals surface area (Å²) < 4.78 is 18.5. The number of halogens is 1. The zero-order valence-electron chi connectivity index (χ0n) is 13.8. The molecule has 0 aromatic heterocycles. The van der Waals surface area contributed by atoms with Gasteiger partial charge in [0.1, 0.15) is 11.6 Å². The monoisotopic (exact) mass is 338 g/mol. The first-order valence-corrected chi connectivity index (χ1v) is 8.76. The molecule has 24 heavy (non-hydrogen) atoms. The molecular weight excluding hydrogens is 319 g/mol. The zero-order valence-corrected chi connectivity index (χ0v) is 14.6. The Hall–Kier alpha value is -2.26. The Bertz CT molecular complexity index is 827. The molecule has 0 aliphatic carbocycles. The van der Waals surface area contributed by atoms with Gasteiger partial charge in [0.2, 0.25) is 0 Å². The number of rotatable bonds is 5. The Kier molecular flexibility index (Phi) is 5.21. The van der Waals surface area contributed by atoms with Crippen LogP contribution >= 0.6 is 11.8 Å². The maximum absolute atomic E-state index is 13.0. The van der Waals surface area contributed by atoms with Gasteiger partial charge < -0.3 is 4.74 Å². The second kappa shape index (κ2) is 7.54. The number of ether oxygens (including phenoxy) is 1. The van der Waals surface area contributed by atoms with E-state index in [4.69, 9.17) is 4.74 Å². The highest BCUT2D eigenvalue weighted by Gasteiger charge is 2.08. The molecule has 0 saturated carbocycles. The van der Waals surface area contributed by atoms with Gasteiger partial charge in [-0.3, -0.25) is 0 Å². The van der Waals surface area contributed by atoms with Gasteiger partial charge in [-0.05, 0) is 54.4 Å². The van der Waals surface area contributed by atoms with E-state index in [1.807, 2.05) is 18.2 Å². The third kappa shape index (κ3) is 3.98. The van der Waals surface area contributed by atoms with Crippen molar-refractivity contribution in [1.82, 2.24) is 0 Å². The third-order valence-corrected chi connectivity index (χ3v) is 4.90. The van der Waals surface area contributed by atoms with E-state index >= 15 is 0 Å². The standard InChI is InChI=1S/C21H19FOS/c1-15-4-3-5-17(12-15)20-13-16(6-11-21(20)23-2)14-24-19-9-7-18(22)8-10-19/h3-13H,14H2,1-2H3. The summed E-state index contributed by atoms with van der Waals surface area (Å²) in [4.78, 5) is 1.06. The van der Waals surface area contributed by atoms with E-state index < -0.39 is 0 Å². The molecule has 0 heterocycles. The van der Waals surface area contributed by atoms with Crippen molar-refractivity contribution in [2.24, 2.45) is 0 Å². The minimum absolute atomic E-state index is 0.203. The highest BCUT2D eigenvalue weighted by Crippen LogP contribution is 2.33. The van der Waals surface area contributed by atoms with Crippen LogP contribution in [0.4, 0.5) is 4.39 Å². The zero-order chi connectivity index (χ0) is 16.9. The highest BCUT2D eigenvalue weighted by molar-refractivity contribution is 7.98. The van der Waals surface area contributed by atoms with Crippen LogP contribution in [0.3, 0.4) is 0 Å². The normalized spacial score (nSPS) is 10.6. The number of aryl methyl sites for hydroxylation is 1. The van der Waals surface area contributed by atoms with Crippen molar-refractivity contribution in [2.45, 2.75) is 17.6 Å². The Morgan fingerprint density at radius 2 is 1.75 bits per heavy atom. The van der Waals surface area contributed by atoms with Gasteiger partial charge in [-0.25, -0.2) is 4.39 Å². The van der Waals surface area contributed by atoms with Crippen molar-refractivity contribution in [3.63, 3.8) is 0 Å². The van der Waals surface area contributed by atoms with E-state index in [2.05, 4.69) is 43.3 Å². The number of thioether (sulfide) groups is 1. The minimum atomic E-state index is -0.203. The molecule has 0 atom stereocenters. The molecule has 3 rings (SSSR count). The first-order chi connectivity index (χ1) is 11.7. The van der Waals surface area contributed by atoms with E-state index in [-0.39, 0.29) is 5.82 Å². The van der Waals surface area contributed by atoms with E-state index in [0.29, 0.717) is 0 Å². The van der Waals surface area contributed by atoms with Gasteiger partial charge in [-0.15, -0.1) is 11.8 Å². The second-order valence-corrected chi connectivity index (χ2v) is 6.70. The summed E-state index contributed by atoms with van der Waals surface area (Å²) in [5, 5.41) is 0. The predicted octanol–water partition coefficient (Wildman–Crippen LogP) is 6.10. The van der Waals surface area contributed by atoms with Crippen molar-refractivity contribution < 1.29 is 9.13 Å². The molecule has 3 aromatic rings. The molecule has 0 aliphatic heterocycles. The number of benzene rings is 3. The van der Waals surface area contributed by atoms with E-state index in [9.17, 15) is 4.39 Å². The molecule has 0 aliphatic rings. The lowest BCUT2D eigenvalue weighted by atomic mass is 10.0. The van der Waals surface area contributed by atoms with Crippen molar-refractivity contribution in [3.05, 3.63) is 83.7 Å². The van der Waals surface area contributed by atoms with Crippen LogP contribution in [0.1, 0.15) is 11.1 Å². The van der Waals surface area contributed by atoms with Gasteiger partial charge in [0.25, 0.3) is 0 Å². The van der Waals surface area contributed by atoms with Gasteiger partial charge in [0.15, 0.2) is 0 Å². The van der Waals surface area contributed by atoms with Gasteiger partial charge in [-0.1, -0.05) is 35.9 Å². The summed E-state index contributed by atoms with van der Waals surface area (Å²) in [6.45, 7) is 2.09. The molecule has 0 fully saturated rings. The predicted molar refractivity (Wildman–Crippen MR) is 99.1 cm³/mol. The molecule has 1 nitrogen and oxygen atoms in total. The third-order valence-electron chi connectivity index (χ3n) is 3.81. The lowest BCUT2D eigenvalue weighted by Crippen LogP contribution is -1.91. The summed E-state index contributed by atoms with van der Waals surface area (Å²) in [5.41, 5.74) is 4.68. The first kappa shape index (κ1) is 16.6. The molecule has 3 aromatic carbocycles. The van der Waals surface area contributed by atoms with Crippen LogP contribution in [-0.4, -0.2) is 7.11 Å². The molecule has 0 N–H and O–H groups in total. The van der Waals surface area contributed by atoms with Crippen LogP contribution in [0.5, 0.6) is 5.75 Å². The quantitative estimate of drug-likeness (QED) is 0.520. The SMILES string of the molecule is COc1ccc(CSc2ccc(F)cc2)cc1-c1cccc(C)c1. The molecule has 0 spiro atoms. The summed E-state index contributed by atoms with van der Waals surface area (Å²) >= 11 is 1.70. The summed E-state index contributed by atoms with van der Waals surface area (Å²) in [6.07, 6.45) is 0. The highest BCUT2D eigenvalue weighted by atomic mass is 32.2. The average molecular weight is 338 g/mol. The van der Waals surface area contributed by atoms with Gasteiger partial charge >= 0.3 is 0 Å². The molecule has 3 heteroatoms. The van der Waals surface area contributed by atoms with Crippen LogP contribution in [-0.2, 0) is 5.75 Å². The van der Waals surface area contributed by atoms with E-state index in [1.165, 1.54) is 23.3 Å². The Morgan fingerprint density at radius 1 is 0.958 bits per heavy atom. The maximum atomic E-state index is 13.0. The van der Waals surface area contributed by atoms with Crippen molar-refractivity contribution >= 4 is 11.8 Å². The van der Waals surface area contributed by atoms with Crippen molar-refractivity contribution in [1.29, 1.82) is 0 Å². The van der Waals surface area contributed by atoms with Gasteiger partial charge in [0, 0.05) is 16.2 Å². The van der Waals surface area contributed by atoms with Crippen molar-refractivity contribution in [3.8, 4) is 16.9 Å². The van der Waals surface area contributed by atoms with Gasteiger partial charge in [0.05, 0.1) is 7.11 Å². The van der Waals surface area contributed by atoms with Crippen LogP contribution in [0.2, 0.25) is 0 Å². The van der Waals surface area contributed by atoms with E-state index in [1.54, 1.807) is 18.9 Å². The van der Waals surface area contributed by atoms with Gasteiger partial charge in [-0.2, -0.15) is 0 Å². The lowest BCUT2D eigenvalue weighted by Gasteiger charge is -2.12. The number of methoxy groups -OCH3 is 1. The molecular formula is C21H19FOS. The number of hydrogen-bond donors (Lipinski definition) is 0. The minimum Gasteiger partial charge on any atom is -0.496 e. The van der Waals surface area contributed by atoms with E-state index in [0.717, 1.165) is 27.5 Å². The molecule has 0 unspecified atom stereocenters. The molecule has 0 radical (unpaired) electrons. The molecule has 122 valence electrons. The van der Waals surface area contributed by atoms with Crippen LogP contribution in [0.15, 0.2) is 71.6 Å². The topological polar surface area (TPSA) is 9.23 Å². The largest absolute Gasteiger partial charge is 0.496 e. The summed E-state index contributed by atoms with van der Waals surface area (Å²) in [7, 11) is 1.70. The molecule has 0 bridgehead atoms. The van der Waals surface area contributed by atoms with Crippen LogP contribution < -0.4 is 4.74 Å². The lowest BCUT2D eigenvalue weighted by molar-refractivity contribution is 0.416. The fourth-order valence-electron chi connectivity index (χ4n) is 2.58. The summed E-state index contributed by atoms with van der Waals surface area (Å²) in [5.74, 6) is 1.50. The van der Waals surface area contributed by atoms with Crippen molar-refractivity contribution in [2.75, 3.05) is 7.11 Å². The fourth-order valence-corrected chi connectivity index (χ4v) is 3.42. The number of hydrogen-bond acceptors (Lipinski definition) is 2. The summed E-state index contributed by atoms with van der Waals surface area (Å²) in [6, 6.07) is 21.3. The Morgan fingerprint density at radius 3 is 2.46 bits per heavy atom. The first-order valence-electron chi connectivity index (χ1n) is 7.78. The Balaban J connectivity index is 1.84. The fraction of sp³-hybridized carbons (Fsp3) is 0.143. The van der Waals surface area contributed by atoms with Crippen LogP contribution in [0.25, 0.3) is 11.1 Å². The Labute approximate surface area is 146 Å². The maximum Gasteiger partial charge on any atom is 0.126 e. The average Bonchev–Trinajstić information content (AvgIpc) is 2.61. The second-order valence-electron chi connectivity index (χ2n) is 5.65. The molecule has 0 saturated heterocycles. The smallest absolute Gasteiger partial charge is 0.126 e. The molecule has 0 amide bonds.